The van der Waals surface area contributed by atoms with Gasteiger partial charge in [-0.25, -0.2) is 0 Å². The Hall–Kier alpha value is -0.560. The van der Waals surface area contributed by atoms with Gasteiger partial charge < -0.3 is 0 Å². The molecule has 2 aliphatic carbocycles. The van der Waals surface area contributed by atoms with Gasteiger partial charge in [0, 0.05) is 13.1 Å². The average molecular weight is 147 g/mol. The summed E-state index contributed by atoms with van der Waals surface area (Å²) in [7, 11) is 2.21. The summed E-state index contributed by atoms with van der Waals surface area (Å²) in [5, 5.41) is 0. The first kappa shape index (κ1) is 6.01. The van der Waals surface area contributed by atoms with Gasteiger partial charge in [0.05, 0.1) is 0 Å². The van der Waals surface area contributed by atoms with Crippen LogP contribution < -0.4 is 0 Å². The predicted molar refractivity (Wildman–Crippen MR) is 45.3 cm³/mol. The minimum Gasteiger partial charge on any atom is -0.298 e. The van der Waals surface area contributed by atoms with Crippen molar-refractivity contribution >= 4 is 0 Å². The first-order valence-electron chi connectivity index (χ1n) is 4.43. The predicted octanol–water partition coefficient (Wildman–Crippen LogP) is 1.43. The average Bonchev–Trinajstić information content (AvgIpc) is 2.67. The highest BCUT2D eigenvalue weighted by molar-refractivity contribution is 5.42. The molecule has 1 heterocycles. The third-order valence-electron chi connectivity index (χ3n) is 3.12. The molecule has 0 aromatic rings. The van der Waals surface area contributed by atoms with Gasteiger partial charge in [0.15, 0.2) is 0 Å². The van der Waals surface area contributed by atoms with Crippen molar-refractivity contribution in [1.29, 1.82) is 0 Å². The Labute approximate surface area is 67.4 Å². The summed E-state index contributed by atoms with van der Waals surface area (Å²) in [6, 6.07) is 0. The summed E-state index contributed by atoms with van der Waals surface area (Å²) in [4.78, 5) is 2.41. The van der Waals surface area contributed by atoms with E-state index in [2.05, 4.69) is 24.1 Å². The number of allylic oxidation sites excluding steroid dienone is 1. The van der Waals surface area contributed by atoms with Crippen molar-refractivity contribution in [3.63, 3.8) is 0 Å². The van der Waals surface area contributed by atoms with Crippen LogP contribution in [0.15, 0.2) is 23.3 Å². The zero-order valence-electron chi connectivity index (χ0n) is 6.88. The van der Waals surface area contributed by atoms with Crippen LogP contribution in [0.25, 0.3) is 0 Å². The highest BCUT2D eigenvalue weighted by Gasteiger charge is 2.42. The van der Waals surface area contributed by atoms with E-state index >= 15 is 0 Å². The molecule has 0 bridgehead atoms. The van der Waals surface area contributed by atoms with E-state index in [4.69, 9.17) is 0 Å². The molecule has 0 saturated heterocycles. The Morgan fingerprint density at radius 3 is 3.27 bits per heavy atom. The van der Waals surface area contributed by atoms with Gasteiger partial charge in [-0.1, -0.05) is 12.2 Å². The molecule has 0 amide bonds. The summed E-state index contributed by atoms with van der Waals surface area (Å²) in [6.07, 6.45) is 6.19. The zero-order valence-corrected chi connectivity index (χ0v) is 6.88. The van der Waals surface area contributed by atoms with E-state index in [1.165, 1.54) is 19.5 Å². The van der Waals surface area contributed by atoms with Crippen molar-refractivity contribution in [2.24, 2.45) is 11.8 Å². The topological polar surface area (TPSA) is 3.24 Å². The quantitative estimate of drug-likeness (QED) is 0.501. The maximum absolute atomic E-state index is 2.41. The number of likely N-dealkylation sites (N-methyl/N-ethyl adjacent to an activating group) is 1. The molecule has 1 heteroatoms. The van der Waals surface area contributed by atoms with E-state index in [9.17, 15) is 0 Å². The van der Waals surface area contributed by atoms with Crippen LogP contribution >= 0.6 is 0 Å². The SMILES string of the molecule is CN1CC2=C(C1)C1CC1C=C2. The van der Waals surface area contributed by atoms with Crippen molar-refractivity contribution in [3.05, 3.63) is 23.3 Å². The molecule has 0 aromatic carbocycles. The van der Waals surface area contributed by atoms with Crippen LogP contribution in [0.4, 0.5) is 0 Å². The normalized spacial score (nSPS) is 40.8. The fourth-order valence-electron chi connectivity index (χ4n) is 2.42. The number of hydrogen-bond donors (Lipinski definition) is 0. The van der Waals surface area contributed by atoms with Crippen LogP contribution in [0.2, 0.25) is 0 Å². The minimum atomic E-state index is 0.931. The van der Waals surface area contributed by atoms with Crippen LogP contribution in [0.3, 0.4) is 0 Å². The number of nitrogens with zero attached hydrogens (tertiary/aromatic N) is 1. The summed E-state index contributed by atoms with van der Waals surface area (Å²) in [5.74, 6) is 1.89. The van der Waals surface area contributed by atoms with Gasteiger partial charge in [-0.3, -0.25) is 4.90 Å². The molecule has 11 heavy (non-hydrogen) atoms. The lowest BCUT2D eigenvalue weighted by molar-refractivity contribution is 0.422. The van der Waals surface area contributed by atoms with Gasteiger partial charge >= 0.3 is 0 Å². The van der Waals surface area contributed by atoms with Crippen molar-refractivity contribution in [2.75, 3.05) is 20.1 Å². The lowest BCUT2D eigenvalue weighted by Crippen LogP contribution is -2.14. The first-order valence-corrected chi connectivity index (χ1v) is 4.43. The van der Waals surface area contributed by atoms with E-state index in [-0.39, 0.29) is 0 Å². The molecule has 0 aromatic heterocycles. The third-order valence-corrected chi connectivity index (χ3v) is 3.12. The monoisotopic (exact) mass is 147 g/mol. The van der Waals surface area contributed by atoms with Gasteiger partial charge in [0.1, 0.15) is 0 Å². The molecule has 1 saturated carbocycles. The Morgan fingerprint density at radius 2 is 2.36 bits per heavy atom. The van der Waals surface area contributed by atoms with Crippen LogP contribution in [0, 0.1) is 11.8 Å². The highest BCUT2D eigenvalue weighted by Crippen LogP contribution is 2.50. The summed E-state index contributed by atoms with van der Waals surface area (Å²) >= 11 is 0. The fraction of sp³-hybridized carbons (Fsp3) is 0.600. The summed E-state index contributed by atoms with van der Waals surface area (Å²) in [6.45, 7) is 2.43. The Kier molecular flexibility index (Phi) is 0.972. The van der Waals surface area contributed by atoms with Gasteiger partial charge in [-0.2, -0.15) is 0 Å². The minimum absolute atomic E-state index is 0.931. The van der Waals surface area contributed by atoms with E-state index in [0.717, 1.165) is 11.8 Å². The van der Waals surface area contributed by atoms with E-state index in [1.54, 1.807) is 11.1 Å². The molecule has 58 valence electrons. The molecule has 3 rings (SSSR count). The maximum atomic E-state index is 2.41. The maximum Gasteiger partial charge on any atom is 0.0234 e. The first-order chi connectivity index (χ1) is 5.34. The summed E-state index contributed by atoms with van der Waals surface area (Å²) in [5.41, 5.74) is 3.37. The van der Waals surface area contributed by atoms with Crippen molar-refractivity contribution in [1.82, 2.24) is 4.90 Å². The second-order valence-corrected chi connectivity index (χ2v) is 4.09. The molecular formula is C10H13N. The third kappa shape index (κ3) is 0.747. The Morgan fingerprint density at radius 1 is 1.45 bits per heavy atom. The molecule has 2 atom stereocenters. The fourth-order valence-corrected chi connectivity index (χ4v) is 2.42. The molecule has 0 radical (unpaired) electrons. The van der Waals surface area contributed by atoms with Gasteiger partial charge in [-0.05, 0) is 36.5 Å². The molecule has 2 unspecified atom stereocenters. The van der Waals surface area contributed by atoms with Gasteiger partial charge in [0.2, 0.25) is 0 Å². The van der Waals surface area contributed by atoms with Crippen molar-refractivity contribution in [2.45, 2.75) is 6.42 Å². The Bertz CT molecular complexity index is 262. The standard InChI is InChI=1S/C10H13N/c1-11-5-8-3-2-7-4-9(7)10(8)6-11/h2-3,7,9H,4-6H2,1H3. The molecule has 1 nitrogen and oxygen atoms in total. The van der Waals surface area contributed by atoms with Crippen molar-refractivity contribution < 1.29 is 0 Å². The van der Waals surface area contributed by atoms with Crippen molar-refractivity contribution in [3.8, 4) is 0 Å². The van der Waals surface area contributed by atoms with Gasteiger partial charge in [0.25, 0.3) is 0 Å². The second kappa shape index (κ2) is 1.78. The smallest absolute Gasteiger partial charge is 0.0234 e. The van der Waals surface area contributed by atoms with E-state index < -0.39 is 0 Å². The van der Waals surface area contributed by atoms with E-state index in [0.29, 0.717) is 0 Å². The number of rotatable bonds is 0. The molecule has 0 spiro atoms. The Balaban J connectivity index is 1.99. The largest absolute Gasteiger partial charge is 0.298 e. The van der Waals surface area contributed by atoms with Crippen LogP contribution in [-0.2, 0) is 0 Å². The highest BCUT2D eigenvalue weighted by atomic mass is 15.1. The molecule has 3 aliphatic rings. The lowest BCUT2D eigenvalue weighted by Gasteiger charge is -2.06. The van der Waals surface area contributed by atoms with Crippen LogP contribution in [-0.4, -0.2) is 25.0 Å². The summed E-state index contributed by atoms with van der Waals surface area (Å²) < 4.78 is 0. The molecule has 0 N–H and O–H groups in total. The van der Waals surface area contributed by atoms with Gasteiger partial charge in [-0.15, -0.1) is 0 Å². The van der Waals surface area contributed by atoms with Crippen LogP contribution in [0.1, 0.15) is 6.42 Å². The van der Waals surface area contributed by atoms with Crippen LogP contribution in [0.5, 0.6) is 0 Å². The number of hydrogen-bond acceptors (Lipinski definition) is 1. The molecule has 1 aliphatic heterocycles. The molecular weight excluding hydrogens is 134 g/mol. The number of fused-ring (bicyclic) bond motifs is 2. The zero-order chi connectivity index (χ0) is 7.42. The second-order valence-electron chi connectivity index (χ2n) is 4.09. The van der Waals surface area contributed by atoms with E-state index in [1.807, 2.05) is 0 Å². The lowest BCUT2D eigenvalue weighted by atomic mass is 10.0. The molecule has 1 fully saturated rings.